The molecule has 0 aliphatic heterocycles. The molecule has 0 saturated carbocycles. The molecule has 0 spiro atoms. The molecule has 0 aromatic carbocycles. The molecule has 0 saturated heterocycles. The molecule has 92 valence electrons. The van der Waals surface area contributed by atoms with Crippen LogP contribution >= 0.6 is 0 Å². The predicted molar refractivity (Wildman–Crippen MR) is 61.3 cm³/mol. The van der Waals surface area contributed by atoms with Gasteiger partial charge in [0, 0.05) is 12.6 Å². The maximum Gasteiger partial charge on any atom is 0.257 e. The van der Waals surface area contributed by atoms with E-state index in [0.717, 1.165) is 0 Å². The summed E-state index contributed by atoms with van der Waals surface area (Å²) in [6, 6.07) is 2.20. The summed E-state index contributed by atoms with van der Waals surface area (Å²) in [5.41, 5.74) is 0. The van der Waals surface area contributed by atoms with E-state index < -0.39 is 0 Å². The molecule has 1 N–H and O–H groups in total. The molecule has 0 fully saturated rings. The SMILES string of the molecule is CC(C)n1cc(OCC(=O)NCCC#N)cn1. The number of aromatic nitrogens is 2. The minimum Gasteiger partial charge on any atom is -0.480 e. The van der Waals surface area contributed by atoms with Gasteiger partial charge >= 0.3 is 0 Å². The standard InChI is InChI=1S/C11H16N4O2/c1-9(2)15-7-10(6-14-15)17-8-11(16)13-5-3-4-12/h6-7,9H,3,5,8H2,1-2H3,(H,13,16). The van der Waals surface area contributed by atoms with E-state index in [-0.39, 0.29) is 18.6 Å². The highest BCUT2D eigenvalue weighted by molar-refractivity contribution is 5.77. The average molecular weight is 236 g/mol. The highest BCUT2D eigenvalue weighted by atomic mass is 16.5. The minimum absolute atomic E-state index is 0.0603. The Kier molecular flexibility index (Phi) is 5.01. The second-order valence-electron chi connectivity index (χ2n) is 3.80. The highest BCUT2D eigenvalue weighted by Gasteiger charge is 2.05. The van der Waals surface area contributed by atoms with E-state index in [1.54, 1.807) is 17.1 Å². The van der Waals surface area contributed by atoms with Crippen LogP contribution in [0.4, 0.5) is 0 Å². The summed E-state index contributed by atoms with van der Waals surface area (Å²) in [5, 5.41) is 15.0. The van der Waals surface area contributed by atoms with Crippen molar-refractivity contribution in [1.82, 2.24) is 15.1 Å². The molecule has 1 heterocycles. The average Bonchev–Trinajstić information content (AvgIpc) is 2.75. The number of carbonyl (C=O) groups is 1. The van der Waals surface area contributed by atoms with Gasteiger partial charge in [0.2, 0.25) is 0 Å². The maximum atomic E-state index is 11.3. The lowest BCUT2D eigenvalue weighted by atomic mass is 10.4. The van der Waals surface area contributed by atoms with Crippen LogP contribution in [0, 0.1) is 11.3 Å². The first-order valence-corrected chi connectivity index (χ1v) is 5.44. The molecule has 0 aliphatic rings. The van der Waals surface area contributed by atoms with Gasteiger partial charge in [0.1, 0.15) is 0 Å². The summed E-state index contributed by atoms with van der Waals surface area (Å²) >= 11 is 0. The number of nitrogens with zero attached hydrogens (tertiary/aromatic N) is 3. The molecule has 17 heavy (non-hydrogen) atoms. The lowest BCUT2D eigenvalue weighted by Gasteiger charge is -2.04. The first-order valence-electron chi connectivity index (χ1n) is 5.44. The fraction of sp³-hybridized carbons (Fsp3) is 0.545. The summed E-state index contributed by atoms with van der Waals surface area (Å²) in [5.74, 6) is 0.326. The van der Waals surface area contributed by atoms with E-state index in [0.29, 0.717) is 18.7 Å². The van der Waals surface area contributed by atoms with Crippen molar-refractivity contribution >= 4 is 5.91 Å². The van der Waals surface area contributed by atoms with Crippen molar-refractivity contribution in [1.29, 1.82) is 5.26 Å². The number of carbonyl (C=O) groups excluding carboxylic acids is 1. The van der Waals surface area contributed by atoms with Crippen molar-refractivity contribution in [2.24, 2.45) is 0 Å². The summed E-state index contributed by atoms with van der Waals surface area (Å²) in [6.45, 7) is 4.30. The summed E-state index contributed by atoms with van der Waals surface area (Å²) in [7, 11) is 0. The number of hydrogen-bond acceptors (Lipinski definition) is 4. The molecular weight excluding hydrogens is 220 g/mol. The van der Waals surface area contributed by atoms with E-state index in [1.807, 2.05) is 19.9 Å². The Balaban J connectivity index is 2.30. The van der Waals surface area contributed by atoms with Crippen LogP contribution in [0.5, 0.6) is 5.75 Å². The highest BCUT2D eigenvalue weighted by Crippen LogP contribution is 2.11. The number of nitriles is 1. The molecule has 1 aromatic heterocycles. The van der Waals surface area contributed by atoms with Crippen LogP contribution in [0.3, 0.4) is 0 Å². The molecule has 6 heteroatoms. The van der Waals surface area contributed by atoms with E-state index in [4.69, 9.17) is 10.00 Å². The van der Waals surface area contributed by atoms with Crippen molar-refractivity contribution in [3.05, 3.63) is 12.4 Å². The van der Waals surface area contributed by atoms with Crippen LogP contribution in [0.15, 0.2) is 12.4 Å². The van der Waals surface area contributed by atoms with E-state index in [9.17, 15) is 4.79 Å². The quantitative estimate of drug-likeness (QED) is 0.743. The van der Waals surface area contributed by atoms with Crippen molar-refractivity contribution < 1.29 is 9.53 Å². The van der Waals surface area contributed by atoms with Crippen LogP contribution < -0.4 is 10.1 Å². The number of amides is 1. The topological polar surface area (TPSA) is 79.9 Å². The molecule has 1 aromatic rings. The van der Waals surface area contributed by atoms with Crippen molar-refractivity contribution in [2.75, 3.05) is 13.2 Å². The van der Waals surface area contributed by atoms with Gasteiger partial charge in [-0.2, -0.15) is 10.4 Å². The van der Waals surface area contributed by atoms with Crippen LogP contribution in [-0.4, -0.2) is 28.8 Å². The van der Waals surface area contributed by atoms with Gasteiger partial charge in [-0.1, -0.05) is 0 Å². The van der Waals surface area contributed by atoms with Crippen LogP contribution in [0.2, 0.25) is 0 Å². The van der Waals surface area contributed by atoms with Gasteiger partial charge in [0.25, 0.3) is 5.91 Å². The largest absolute Gasteiger partial charge is 0.480 e. The van der Waals surface area contributed by atoms with Gasteiger partial charge in [-0.15, -0.1) is 0 Å². The first-order chi connectivity index (χ1) is 8.13. The first kappa shape index (κ1) is 13.0. The third-order valence-corrected chi connectivity index (χ3v) is 2.04. The van der Waals surface area contributed by atoms with Gasteiger partial charge in [-0.3, -0.25) is 9.48 Å². The normalized spacial score (nSPS) is 10.0. The summed E-state index contributed by atoms with van der Waals surface area (Å²) in [6.07, 6.45) is 3.62. The number of rotatable bonds is 6. The van der Waals surface area contributed by atoms with E-state index >= 15 is 0 Å². The molecular formula is C11H16N4O2. The summed E-state index contributed by atoms with van der Waals surface area (Å²) < 4.78 is 7.00. The Morgan fingerprint density at radius 2 is 2.47 bits per heavy atom. The zero-order valence-electron chi connectivity index (χ0n) is 10.0. The van der Waals surface area contributed by atoms with Crippen LogP contribution in [0.25, 0.3) is 0 Å². The second kappa shape index (κ2) is 6.53. The minimum atomic E-state index is -0.238. The van der Waals surface area contributed by atoms with Crippen molar-refractivity contribution in [3.63, 3.8) is 0 Å². The molecule has 1 amide bonds. The fourth-order valence-corrected chi connectivity index (χ4v) is 1.14. The lowest BCUT2D eigenvalue weighted by molar-refractivity contribution is -0.123. The Morgan fingerprint density at radius 1 is 1.71 bits per heavy atom. The maximum absolute atomic E-state index is 11.3. The zero-order valence-corrected chi connectivity index (χ0v) is 10.0. The Hall–Kier alpha value is -2.03. The molecule has 0 bridgehead atoms. The number of ether oxygens (including phenoxy) is 1. The Bertz CT molecular complexity index is 406. The predicted octanol–water partition coefficient (Wildman–Crippen LogP) is 0.873. The number of nitrogens with one attached hydrogen (secondary N) is 1. The third-order valence-electron chi connectivity index (χ3n) is 2.04. The zero-order chi connectivity index (χ0) is 12.7. The molecule has 0 atom stereocenters. The summed E-state index contributed by atoms with van der Waals surface area (Å²) in [4.78, 5) is 11.3. The molecule has 0 unspecified atom stereocenters. The van der Waals surface area contributed by atoms with Gasteiger partial charge in [0.15, 0.2) is 12.4 Å². The van der Waals surface area contributed by atoms with Crippen molar-refractivity contribution in [3.8, 4) is 11.8 Å². The van der Waals surface area contributed by atoms with Gasteiger partial charge in [-0.05, 0) is 13.8 Å². The van der Waals surface area contributed by atoms with Gasteiger partial charge < -0.3 is 10.1 Å². The Labute approximate surface area is 100 Å². The monoisotopic (exact) mass is 236 g/mol. The van der Waals surface area contributed by atoms with E-state index in [1.165, 1.54) is 0 Å². The third kappa shape index (κ3) is 4.55. The van der Waals surface area contributed by atoms with Crippen LogP contribution in [0.1, 0.15) is 26.3 Å². The molecule has 0 aliphatic carbocycles. The molecule has 0 radical (unpaired) electrons. The van der Waals surface area contributed by atoms with Crippen molar-refractivity contribution in [2.45, 2.75) is 26.3 Å². The van der Waals surface area contributed by atoms with Crippen LogP contribution in [-0.2, 0) is 4.79 Å². The smallest absolute Gasteiger partial charge is 0.257 e. The van der Waals surface area contributed by atoms with E-state index in [2.05, 4.69) is 10.4 Å². The van der Waals surface area contributed by atoms with Gasteiger partial charge in [0.05, 0.1) is 24.9 Å². The molecule has 6 nitrogen and oxygen atoms in total. The molecule has 1 rings (SSSR count). The fourth-order valence-electron chi connectivity index (χ4n) is 1.14. The Morgan fingerprint density at radius 3 is 3.06 bits per heavy atom. The second-order valence-corrected chi connectivity index (χ2v) is 3.80. The lowest BCUT2D eigenvalue weighted by Crippen LogP contribution is -2.29. The van der Waals surface area contributed by atoms with Gasteiger partial charge in [-0.25, -0.2) is 0 Å². The number of hydrogen-bond donors (Lipinski definition) is 1.